The van der Waals surface area contributed by atoms with E-state index in [1.165, 1.54) is 29.2 Å². The van der Waals surface area contributed by atoms with Gasteiger partial charge in [-0.3, -0.25) is 4.79 Å². The van der Waals surface area contributed by atoms with E-state index in [4.69, 9.17) is 4.74 Å². The highest BCUT2D eigenvalue weighted by molar-refractivity contribution is 7.15. The Labute approximate surface area is 207 Å². The predicted molar refractivity (Wildman–Crippen MR) is 134 cm³/mol. The molecule has 1 aliphatic rings. The van der Waals surface area contributed by atoms with Crippen LogP contribution in [0.2, 0.25) is 0 Å². The van der Waals surface area contributed by atoms with Crippen LogP contribution in [0.4, 0.5) is 10.1 Å². The molecule has 4 rings (SSSR count). The number of nitrogens with one attached hydrogen (secondary N) is 1. The highest BCUT2D eigenvalue weighted by atomic mass is 32.1. The van der Waals surface area contributed by atoms with Crippen molar-refractivity contribution in [3.05, 3.63) is 74.7 Å². The lowest BCUT2D eigenvalue weighted by Gasteiger charge is -2.13. The monoisotopic (exact) mass is 491 g/mol. The molecule has 0 aliphatic heterocycles. The van der Waals surface area contributed by atoms with Crippen LogP contribution in [0.1, 0.15) is 57.5 Å². The van der Waals surface area contributed by atoms with Gasteiger partial charge in [0.25, 0.3) is 5.91 Å². The number of anilines is 1. The molecule has 0 saturated carbocycles. The average molecular weight is 492 g/mol. The number of thiophene rings is 1. The maximum Gasteiger partial charge on any atom is 0.341 e. The van der Waals surface area contributed by atoms with E-state index >= 15 is 0 Å². The molecule has 1 N–H and O–H groups in total. The van der Waals surface area contributed by atoms with Gasteiger partial charge in [-0.25, -0.2) is 9.18 Å². The number of esters is 1. The molecule has 0 unspecified atom stereocenters. The second-order valence-electron chi connectivity index (χ2n) is 8.38. The van der Waals surface area contributed by atoms with Gasteiger partial charge in [0.1, 0.15) is 22.5 Å². The Kier molecular flexibility index (Phi) is 7.17. The zero-order chi connectivity index (χ0) is 25.1. The van der Waals surface area contributed by atoms with Crippen molar-refractivity contribution in [1.29, 1.82) is 5.26 Å². The summed E-state index contributed by atoms with van der Waals surface area (Å²) >= 11 is 1.60. The Bertz CT molecular complexity index is 1380. The summed E-state index contributed by atoms with van der Waals surface area (Å²) < 4.78 is 21.3. The van der Waals surface area contributed by atoms with Gasteiger partial charge in [-0.15, -0.1) is 11.3 Å². The molecule has 0 bridgehead atoms. The van der Waals surface area contributed by atoms with Crippen molar-refractivity contribution < 1.29 is 18.7 Å². The molecular weight excluding hydrogens is 465 g/mol. The Morgan fingerprint density at radius 2 is 2.00 bits per heavy atom. The van der Waals surface area contributed by atoms with Crippen molar-refractivity contribution in [1.82, 2.24) is 4.57 Å². The number of aromatic nitrogens is 1. The lowest BCUT2D eigenvalue weighted by atomic mass is 9.95. The standard InChI is InChI=1S/C27H26FN3O3S/c1-4-34-27(33)24-20-9-5-8-12-23(20)35-26(24)31-16(2)13-18(17(31)3)14-19(15-29)25(32)30-22-11-7-6-10-21(22)28/h6-7,10-11,13-14H,4-5,8-9,12H2,1-3H3,(H,30,32)/b19-14+. The van der Waals surface area contributed by atoms with Crippen LogP contribution < -0.4 is 5.32 Å². The number of amides is 1. The summed E-state index contributed by atoms with van der Waals surface area (Å²) in [5.41, 5.74) is 3.87. The maximum atomic E-state index is 14.0. The van der Waals surface area contributed by atoms with Crippen LogP contribution in [0, 0.1) is 31.0 Å². The van der Waals surface area contributed by atoms with Crippen LogP contribution in [0.15, 0.2) is 35.9 Å². The Balaban J connectivity index is 1.75. The van der Waals surface area contributed by atoms with Gasteiger partial charge < -0.3 is 14.6 Å². The number of hydrogen-bond donors (Lipinski definition) is 1. The molecular formula is C27H26FN3O3S. The first-order valence-electron chi connectivity index (χ1n) is 11.5. The molecule has 180 valence electrons. The molecule has 2 heterocycles. The summed E-state index contributed by atoms with van der Waals surface area (Å²) in [5, 5.41) is 12.9. The van der Waals surface area contributed by atoms with Crippen molar-refractivity contribution in [3.8, 4) is 11.1 Å². The SMILES string of the molecule is CCOC(=O)c1c(-n2c(C)cc(/C=C(\C#N)C(=O)Nc3ccccc3F)c2C)sc2c1CCCC2. The molecule has 0 fully saturated rings. The normalized spacial score (nSPS) is 13.2. The number of ether oxygens (including phenoxy) is 1. The van der Waals surface area contributed by atoms with Gasteiger partial charge >= 0.3 is 5.97 Å². The number of rotatable bonds is 6. The van der Waals surface area contributed by atoms with Gasteiger partial charge in [-0.2, -0.15) is 5.26 Å². The molecule has 6 nitrogen and oxygen atoms in total. The van der Waals surface area contributed by atoms with Crippen LogP contribution in [-0.2, 0) is 22.4 Å². The van der Waals surface area contributed by atoms with Gasteiger partial charge in [0, 0.05) is 16.3 Å². The summed E-state index contributed by atoms with van der Waals surface area (Å²) in [7, 11) is 0. The zero-order valence-corrected chi connectivity index (χ0v) is 20.7. The van der Waals surface area contributed by atoms with Crippen molar-refractivity contribution in [2.24, 2.45) is 0 Å². The van der Waals surface area contributed by atoms with E-state index in [0.717, 1.165) is 47.6 Å². The van der Waals surface area contributed by atoms with Gasteiger partial charge in [-0.1, -0.05) is 12.1 Å². The number of halogens is 1. The highest BCUT2D eigenvalue weighted by Gasteiger charge is 2.28. The fourth-order valence-electron chi connectivity index (χ4n) is 4.43. The largest absolute Gasteiger partial charge is 0.462 e. The fraction of sp³-hybridized carbons (Fsp3) is 0.296. The Morgan fingerprint density at radius 1 is 1.26 bits per heavy atom. The van der Waals surface area contributed by atoms with Crippen molar-refractivity contribution in [3.63, 3.8) is 0 Å². The molecule has 1 aliphatic carbocycles. The van der Waals surface area contributed by atoms with Crippen LogP contribution in [0.25, 0.3) is 11.1 Å². The quantitative estimate of drug-likeness (QED) is 0.264. The van der Waals surface area contributed by atoms with E-state index in [2.05, 4.69) is 5.32 Å². The number of hydrogen-bond acceptors (Lipinski definition) is 5. The second-order valence-corrected chi connectivity index (χ2v) is 9.46. The van der Waals surface area contributed by atoms with Gasteiger partial charge in [0.05, 0.1) is 17.9 Å². The van der Waals surface area contributed by atoms with E-state index in [1.807, 2.05) is 30.6 Å². The lowest BCUT2D eigenvalue weighted by Crippen LogP contribution is -2.14. The van der Waals surface area contributed by atoms with E-state index in [-0.39, 0.29) is 17.2 Å². The van der Waals surface area contributed by atoms with Crippen LogP contribution >= 0.6 is 11.3 Å². The van der Waals surface area contributed by atoms with E-state index in [9.17, 15) is 19.2 Å². The average Bonchev–Trinajstić information content (AvgIpc) is 3.35. The molecule has 35 heavy (non-hydrogen) atoms. The molecule has 0 spiro atoms. The number of fused-ring (bicyclic) bond motifs is 1. The summed E-state index contributed by atoms with van der Waals surface area (Å²) in [6.07, 6.45) is 5.41. The smallest absolute Gasteiger partial charge is 0.341 e. The molecule has 8 heteroatoms. The van der Waals surface area contributed by atoms with E-state index < -0.39 is 11.7 Å². The number of para-hydroxylation sites is 1. The number of carbonyl (C=O) groups is 2. The van der Waals surface area contributed by atoms with Crippen LogP contribution in [0.3, 0.4) is 0 Å². The third-order valence-corrected chi connectivity index (χ3v) is 7.37. The van der Waals surface area contributed by atoms with E-state index in [0.29, 0.717) is 17.7 Å². The maximum absolute atomic E-state index is 14.0. The number of carbonyl (C=O) groups excluding carboxylic acids is 2. The number of benzene rings is 1. The number of nitriles is 1. The molecule has 1 aromatic carbocycles. The minimum atomic E-state index is -0.693. The summed E-state index contributed by atoms with van der Waals surface area (Å²) in [6, 6.07) is 9.58. The molecule has 3 aromatic rings. The zero-order valence-electron chi connectivity index (χ0n) is 19.9. The van der Waals surface area contributed by atoms with Gasteiger partial charge in [0.15, 0.2) is 0 Å². The number of aryl methyl sites for hydroxylation is 2. The third kappa shape index (κ3) is 4.77. The number of nitrogens with zero attached hydrogens (tertiary/aromatic N) is 2. The minimum Gasteiger partial charge on any atom is -0.462 e. The Morgan fingerprint density at radius 3 is 2.71 bits per heavy atom. The third-order valence-electron chi connectivity index (χ3n) is 6.09. The van der Waals surface area contributed by atoms with Crippen LogP contribution in [0.5, 0.6) is 0 Å². The van der Waals surface area contributed by atoms with Crippen LogP contribution in [-0.4, -0.2) is 23.1 Å². The first-order valence-corrected chi connectivity index (χ1v) is 12.4. The molecule has 0 atom stereocenters. The summed E-state index contributed by atoms with van der Waals surface area (Å²) in [6.45, 7) is 5.89. The van der Waals surface area contributed by atoms with E-state index in [1.54, 1.807) is 24.3 Å². The molecule has 2 aromatic heterocycles. The van der Waals surface area contributed by atoms with Crippen molar-refractivity contribution in [2.45, 2.75) is 46.5 Å². The first kappa shape index (κ1) is 24.4. The highest BCUT2D eigenvalue weighted by Crippen LogP contribution is 2.39. The topological polar surface area (TPSA) is 84.1 Å². The minimum absolute atomic E-state index is 0.00682. The first-order chi connectivity index (χ1) is 16.8. The summed E-state index contributed by atoms with van der Waals surface area (Å²) in [4.78, 5) is 26.8. The van der Waals surface area contributed by atoms with Gasteiger partial charge in [-0.05, 0) is 81.9 Å². The van der Waals surface area contributed by atoms with Crippen molar-refractivity contribution in [2.75, 3.05) is 11.9 Å². The lowest BCUT2D eigenvalue weighted by molar-refractivity contribution is -0.112. The predicted octanol–water partition coefficient (Wildman–Crippen LogP) is 5.90. The van der Waals surface area contributed by atoms with Gasteiger partial charge in [0.2, 0.25) is 0 Å². The Hall–Kier alpha value is -3.70. The molecule has 0 radical (unpaired) electrons. The van der Waals surface area contributed by atoms with Crippen molar-refractivity contribution >= 4 is 35.0 Å². The molecule has 1 amide bonds. The second kappa shape index (κ2) is 10.3. The molecule has 0 saturated heterocycles. The fourth-order valence-corrected chi connectivity index (χ4v) is 5.91. The summed E-state index contributed by atoms with van der Waals surface area (Å²) in [5.74, 6) is -1.60.